The van der Waals surface area contributed by atoms with E-state index >= 15 is 0 Å². The molecule has 2 atom stereocenters. The number of halogens is 1. The predicted octanol–water partition coefficient (Wildman–Crippen LogP) is 3.30. The van der Waals surface area contributed by atoms with Gasteiger partial charge in [-0.2, -0.15) is 0 Å². The molecule has 1 aliphatic heterocycles. The molecular weight excluding hydrogens is 248 g/mol. The number of rotatable bonds is 3. The van der Waals surface area contributed by atoms with Crippen LogP contribution in [0.5, 0.6) is 0 Å². The van der Waals surface area contributed by atoms with Gasteiger partial charge in [-0.15, -0.1) is 0 Å². The Morgan fingerprint density at radius 1 is 1.06 bits per heavy atom. The number of aliphatic hydroxyl groups is 1. The minimum atomic E-state index is -0.669. The van der Waals surface area contributed by atoms with Crippen molar-refractivity contribution in [2.45, 2.75) is 11.7 Å². The number of hydrogen-bond acceptors (Lipinski definition) is 2. The fourth-order valence-corrected chi connectivity index (χ4v) is 2.32. The maximum Gasteiger partial charge on any atom is 0.146 e. The molecule has 2 nitrogen and oxygen atoms in total. The first kappa shape index (κ1) is 11.7. The zero-order valence-corrected chi connectivity index (χ0v) is 10.5. The van der Waals surface area contributed by atoms with Crippen LogP contribution in [0.3, 0.4) is 0 Å². The van der Waals surface area contributed by atoms with Crippen LogP contribution < -0.4 is 0 Å². The summed E-state index contributed by atoms with van der Waals surface area (Å²) >= 11 is 5.85. The van der Waals surface area contributed by atoms with Crippen LogP contribution in [0, 0.1) is 0 Å². The smallest absolute Gasteiger partial charge is 0.146 e. The van der Waals surface area contributed by atoms with E-state index in [-0.39, 0.29) is 0 Å². The van der Waals surface area contributed by atoms with Gasteiger partial charge in [-0.25, -0.2) is 0 Å². The van der Waals surface area contributed by atoms with Gasteiger partial charge in [0.25, 0.3) is 0 Å². The van der Waals surface area contributed by atoms with Crippen molar-refractivity contribution in [2.75, 3.05) is 6.61 Å². The van der Waals surface area contributed by atoms with Crippen molar-refractivity contribution in [3.8, 4) is 0 Å². The van der Waals surface area contributed by atoms with Gasteiger partial charge in [0.1, 0.15) is 11.7 Å². The first-order valence-electron chi connectivity index (χ1n) is 5.85. The van der Waals surface area contributed by atoms with Crippen molar-refractivity contribution in [3.05, 3.63) is 70.7 Å². The summed E-state index contributed by atoms with van der Waals surface area (Å²) in [4.78, 5) is 0. The molecule has 18 heavy (non-hydrogen) atoms. The van der Waals surface area contributed by atoms with E-state index < -0.39 is 11.7 Å². The molecule has 0 spiro atoms. The van der Waals surface area contributed by atoms with Gasteiger partial charge in [0, 0.05) is 5.02 Å². The van der Waals surface area contributed by atoms with E-state index in [0.717, 1.165) is 11.1 Å². The largest absolute Gasteiger partial charge is 0.385 e. The van der Waals surface area contributed by atoms with Gasteiger partial charge in [0.2, 0.25) is 0 Å². The van der Waals surface area contributed by atoms with Crippen molar-refractivity contribution in [1.29, 1.82) is 0 Å². The Morgan fingerprint density at radius 2 is 1.67 bits per heavy atom. The van der Waals surface area contributed by atoms with Gasteiger partial charge < -0.3 is 9.84 Å². The van der Waals surface area contributed by atoms with Crippen LogP contribution in [-0.2, 0) is 10.3 Å². The van der Waals surface area contributed by atoms with Gasteiger partial charge >= 0.3 is 0 Å². The first-order chi connectivity index (χ1) is 8.72. The third-order valence-corrected chi connectivity index (χ3v) is 3.60. The number of epoxide rings is 1. The maximum absolute atomic E-state index is 10.5. The van der Waals surface area contributed by atoms with Crippen molar-refractivity contribution < 1.29 is 9.84 Å². The molecular formula is C15H13ClO2. The monoisotopic (exact) mass is 260 g/mol. The second-order valence-electron chi connectivity index (χ2n) is 4.50. The van der Waals surface area contributed by atoms with Crippen LogP contribution >= 0.6 is 11.6 Å². The quantitative estimate of drug-likeness (QED) is 0.859. The minimum absolute atomic E-state index is 0.542. The fourth-order valence-electron chi connectivity index (χ4n) is 2.19. The summed E-state index contributed by atoms with van der Waals surface area (Å²) in [5.41, 5.74) is 1.24. The molecule has 3 heteroatoms. The molecule has 0 aliphatic carbocycles. The summed E-state index contributed by atoms with van der Waals surface area (Å²) in [6.45, 7) is 0.542. The zero-order valence-electron chi connectivity index (χ0n) is 9.71. The van der Waals surface area contributed by atoms with Gasteiger partial charge in [-0.3, -0.25) is 0 Å². The van der Waals surface area contributed by atoms with Gasteiger partial charge in [0.05, 0.1) is 6.61 Å². The molecule has 0 aromatic heterocycles. The van der Waals surface area contributed by atoms with E-state index in [1.54, 1.807) is 12.1 Å². The molecule has 0 bridgehead atoms. The summed E-state index contributed by atoms with van der Waals surface area (Å²) in [7, 11) is 0. The molecule has 3 rings (SSSR count). The molecule has 0 saturated carbocycles. The van der Waals surface area contributed by atoms with Crippen molar-refractivity contribution in [1.82, 2.24) is 0 Å². The summed E-state index contributed by atoms with van der Waals surface area (Å²) < 4.78 is 5.55. The number of hydrogen-bond donors (Lipinski definition) is 1. The second kappa shape index (κ2) is 4.39. The number of ether oxygens (including phenoxy) is 1. The van der Waals surface area contributed by atoms with E-state index in [1.165, 1.54) is 0 Å². The summed E-state index contributed by atoms with van der Waals surface area (Å²) in [5.74, 6) is 0. The fraction of sp³-hybridized carbons (Fsp3) is 0.200. The summed E-state index contributed by atoms with van der Waals surface area (Å²) in [5, 5.41) is 11.2. The normalized spacial score (nSPS) is 23.7. The number of benzene rings is 2. The summed E-state index contributed by atoms with van der Waals surface area (Å²) in [6, 6.07) is 17.0. The van der Waals surface area contributed by atoms with E-state index in [2.05, 4.69) is 0 Å². The lowest BCUT2D eigenvalue weighted by atomic mass is 9.89. The van der Waals surface area contributed by atoms with E-state index in [0.29, 0.717) is 11.6 Å². The molecule has 1 N–H and O–H groups in total. The van der Waals surface area contributed by atoms with Crippen LogP contribution in [-0.4, -0.2) is 11.7 Å². The Bertz CT molecular complexity index is 532. The lowest BCUT2D eigenvalue weighted by Gasteiger charge is -2.20. The Balaban J connectivity index is 1.93. The van der Waals surface area contributed by atoms with Crippen molar-refractivity contribution in [2.24, 2.45) is 0 Å². The Kier molecular flexibility index (Phi) is 2.86. The third-order valence-electron chi connectivity index (χ3n) is 3.35. The van der Waals surface area contributed by atoms with Crippen LogP contribution in [0.1, 0.15) is 17.2 Å². The van der Waals surface area contributed by atoms with Gasteiger partial charge in [-0.1, -0.05) is 54.1 Å². The summed E-state index contributed by atoms with van der Waals surface area (Å²) in [6.07, 6.45) is -0.669. The standard InChI is InChI=1S/C15H13ClO2/c16-13-8-6-11(7-9-13)14(17)15(10-18-15)12-4-2-1-3-5-12/h1-9,14,17H,10H2/t14-,15-/m1/s1. The highest BCUT2D eigenvalue weighted by atomic mass is 35.5. The molecule has 1 saturated heterocycles. The molecule has 1 aliphatic rings. The topological polar surface area (TPSA) is 32.8 Å². The highest BCUT2D eigenvalue weighted by molar-refractivity contribution is 6.30. The maximum atomic E-state index is 10.5. The van der Waals surface area contributed by atoms with Crippen LogP contribution in [0.25, 0.3) is 0 Å². The van der Waals surface area contributed by atoms with E-state index in [4.69, 9.17) is 16.3 Å². The van der Waals surface area contributed by atoms with Crippen LogP contribution in [0.15, 0.2) is 54.6 Å². The first-order valence-corrected chi connectivity index (χ1v) is 6.23. The number of aliphatic hydroxyl groups excluding tert-OH is 1. The average molecular weight is 261 g/mol. The van der Waals surface area contributed by atoms with E-state index in [9.17, 15) is 5.11 Å². The second-order valence-corrected chi connectivity index (χ2v) is 4.93. The highest BCUT2D eigenvalue weighted by Crippen LogP contribution is 2.48. The SMILES string of the molecule is O[C@H](c1ccc(Cl)cc1)[C@]1(c2ccccc2)CO1. The van der Waals surface area contributed by atoms with Crippen LogP contribution in [0.4, 0.5) is 0 Å². The zero-order chi connectivity index (χ0) is 12.6. The van der Waals surface area contributed by atoms with Crippen molar-refractivity contribution >= 4 is 11.6 Å². The molecule has 0 unspecified atom stereocenters. The average Bonchev–Trinajstić information content (AvgIpc) is 3.21. The minimum Gasteiger partial charge on any atom is -0.385 e. The molecule has 92 valence electrons. The van der Waals surface area contributed by atoms with Crippen molar-refractivity contribution in [3.63, 3.8) is 0 Å². The molecule has 2 aromatic rings. The lowest BCUT2D eigenvalue weighted by Crippen LogP contribution is -2.20. The Morgan fingerprint density at radius 3 is 2.22 bits per heavy atom. The predicted molar refractivity (Wildman–Crippen MR) is 70.5 cm³/mol. The van der Waals surface area contributed by atoms with Crippen LogP contribution in [0.2, 0.25) is 5.02 Å². The highest BCUT2D eigenvalue weighted by Gasteiger charge is 2.53. The van der Waals surface area contributed by atoms with Gasteiger partial charge in [0.15, 0.2) is 0 Å². The molecule has 2 aromatic carbocycles. The lowest BCUT2D eigenvalue weighted by molar-refractivity contribution is 0.0730. The molecule has 1 fully saturated rings. The van der Waals surface area contributed by atoms with Gasteiger partial charge in [-0.05, 0) is 23.3 Å². The Hall–Kier alpha value is -1.35. The molecule has 0 amide bonds. The Labute approximate surface area is 111 Å². The third kappa shape index (κ3) is 1.93. The molecule has 0 radical (unpaired) electrons. The molecule has 1 heterocycles. The van der Waals surface area contributed by atoms with E-state index in [1.807, 2.05) is 42.5 Å².